The Kier molecular flexibility index (Phi) is 6.28. The summed E-state index contributed by atoms with van der Waals surface area (Å²) in [5, 5.41) is 0. The third-order valence-corrected chi connectivity index (χ3v) is 2.45. The molecule has 86 valence electrons. The standard InChI is InChI=1S/C8H16N2O2.2ClH/c1-10-2-7-8(3-10)12-5-6(9)4-11-7;;/h6-8H,2-5,9H2,1H3;2*1H/t7-,8-;;/m0../s1. The first kappa shape index (κ1) is 14.4. The number of likely N-dealkylation sites (tertiary alicyclic amines) is 1. The van der Waals surface area contributed by atoms with E-state index in [1.54, 1.807) is 0 Å². The van der Waals surface area contributed by atoms with Crippen molar-refractivity contribution in [3.8, 4) is 0 Å². The summed E-state index contributed by atoms with van der Waals surface area (Å²) >= 11 is 0. The van der Waals surface area contributed by atoms with Crippen LogP contribution in [0.15, 0.2) is 0 Å². The Morgan fingerprint density at radius 1 is 1.07 bits per heavy atom. The van der Waals surface area contributed by atoms with E-state index in [1.165, 1.54) is 0 Å². The van der Waals surface area contributed by atoms with Gasteiger partial charge >= 0.3 is 0 Å². The van der Waals surface area contributed by atoms with Gasteiger partial charge in [-0.1, -0.05) is 0 Å². The van der Waals surface area contributed by atoms with Crippen molar-refractivity contribution in [2.45, 2.75) is 18.2 Å². The van der Waals surface area contributed by atoms with E-state index in [4.69, 9.17) is 15.2 Å². The Balaban J connectivity index is 0.000000845. The summed E-state index contributed by atoms with van der Waals surface area (Å²) in [5.41, 5.74) is 5.71. The van der Waals surface area contributed by atoms with Crippen LogP contribution in [0.25, 0.3) is 0 Å². The number of fused-ring (bicyclic) bond motifs is 1. The molecule has 0 amide bonds. The lowest BCUT2D eigenvalue weighted by molar-refractivity contribution is -0.00461. The fourth-order valence-electron chi connectivity index (χ4n) is 1.79. The molecule has 14 heavy (non-hydrogen) atoms. The zero-order chi connectivity index (χ0) is 8.55. The first-order chi connectivity index (χ1) is 5.75. The summed E-state index contributed by atoms with van der Waals surface area (Å²) in [6.07, 6.45) is 0.479. The zero-order valence-electron chi connectivity index (χ0n) is 8.22. The summed E-state index contributed by atoms with van der Waals surface area (Å²) in [7, 11) is 2.08. The number of likely N-dealkylation sites (N-methyl/N-ethyl adjacent to an activating group) is 1. The molecule has 0 spiro atoms. The molecule has 0 aromatic carbocycles. The number of nitrogens with zero attached hydrogens (tertiary/aromatic N) is 1. The van der Waals surface area contributed by atoms with Crippen molar-refractivity contribution in [2.75, 3.05) is 33.4 Å². The molecule has 0 aliphatic carbocycles. The second kappa shape index (κ2) is 6.10. The Bertz CT molecular complexity index is 157. The van der Waals surface area contributed by atoms with E-state index in [2.05, 4.69) is 11.9 Å². The van der Waals surface area contributed by atoms with Gasteiger partial charge in [0.05, 0.1) is 31.5 Å². The molecule has 2 aliphatic heterocycles. The van der Waals surface area contributed by atoms with Crippen LogP contribution in [0.5, 0.6) is 0 Å². The van der Waals surface area contributed by atoms with Gasteiger partial charge in [0.1, 0.15) is 0 Å². The van der Waals surface area contributed by atoms with Crippen molar-refractivity contribution in [2.24, 2.45) is 5.73 Å². The molecule has 2 N–H and O–H groups in total. The van der Waals surface area contributed by atoms with Gasteiger partial charge in [0.15, 0.2) is 0 Å². The number of nitrogens with two attached hydrogens (primary N) is 1. The smallest absolute Gasteiger partial charge is 0.0976 e. The lowest BCUT2D eigenvalue weighted by Gasteiger charge is -2.13. The molecule has 0 unspecified atom stereocenters. The first-order valence-electron chi connectivity index (χ1n) is 4.43. The first-order valence-corrected chi connectivity index (χ1v) is 4.43. The van der Waals surface area contributed by atoms with E-state index >= 15 is 0 Å². The monoisotopic (exact) mass is 244 g/mol. The number of hydrogen-bond acceptors (Lipinski definition) is 4. The molecule has 2 saturated heterocycles. The maximum absolute atomic E-state index is 5.71. The molecular formula is C8H18Cl2N2O2. The van der Waals surface area contributed by atoms with Crippen molar-refractivity contribution in [1.82, 2.24) is 4.90 Å². The molecule has 2 rings (SSSR count). The quantitative estimate of drug-likeness (QED) is 0.646. The van der Waals surface area contributed by atoms with Crippen molar-refractivity contribution >= 4 is 24.8 Å². The number of hydrogen-bond donors (Lipinski definition) is 1. The summed E-state index contributed by atoms with van der Waals surface area (Å²) in [6, 6.07) is 0.0564. The normalized spacial score (nSPS) is 33.9. The van der Waals surface area contributed by atoms with Gasteiger partial charge in [-0.15, -0.1) is 24.8 Å². The van der Waals surface area contributed by atoms with E-state index in [-0.39, 0.29) is 43.1 Å². The number of ether oxygens (including phenoxy) is 2. The Labute approximate surface area is 96.9 Å². The Hall–Kier alpha value is 0.420. The molecule has 2 atom stereocenters. The van der Waals surface area contributed by atoms with Gasteiger partial charge in [-0.2, -0.15) is 0 Å². The maximum atomic E-state index is 5.71. The molecule has 0 aromatic rings. The fraction of sp³-hybridized carbons (Fsp3) is 1.00. The second-order valence-electron chi connectivity index (χ2n) is 3.72. The predicted octanol–water partition coefficient (Wildman–Crippen LogP) is -0.113. The average Bonchev–Trinajstić information content (AvgIpc) is 2.31. The highest BCUT2D eigenvalue weighted by atomic mass is 35.5. The number of halogens is 2. The molecule has 0 radical (unpaired) electrons. The molecule has 2 fully saturated rings. The average molecular weight is 245 g/mol. The van der Waals surface area contributed by atoms with Crippen molar-refractivity contribution < 1.29 is 9.47 Å². The lowest BCUT2D eigenvalue weighted by Crippen LogP contribution is -2.31. The highest BCUT2D eigenvalue weighted by Crippen LogP contribution is 2.17. The van der Waals surface area contributed by atoms with Crippen molar-refractivity contribution in [3.05, 3.63) is 0 Å². The second-order valence-corrected chi connectivity index (χ2v) is 3.72. The van der Waals surface area contributed by atoms with Crippen LogP contribution in [-0.4, -0.2) is 56.5 Å². The van der Waals surface area contributed by atoms with Crippen LogP contribution in [0.3, 0.4) is 0 Å². The SMILES string of the molecule is CN1C[C@@H]2OCC(N)CO[C@H]2C1.Cl.Cl. The van der Waals surface area contributed by atoms with Crippen LogP contribution >= 0.6 is 24.8 Å². The fourth-order valence-corrected chi connectivity index (χ4v) is 1.79. The van der Waals surface area contributed by atoms with Gasteiger partial charge in [-0.05, 0) is 7.05 Å². The lowest BCUT2D eigenvalue weighted by atomic mass is 10.3. The molecule has 2 heterocycles. The van der Waals surface area contributed by atoms with Gasteiger partial charge in [-0.25, -0.2) is 0 Å². The molecule has 2 aliphatic rings. The molecule has 4 nitrogen and oxygen atoms in total. The van der Waals surface area contributed by atoms with E-state index in [1.807, 2.05) is 0 Å². The molecule has 0 bridgehead atoms. The summed E-state index contributed by atoms with van der Waals surface area (Å²) in [4.78, 5) is 2.23. The number of rotatable bonds is 0. The minimum atomic E-state index is 0. The Morgan fingerprint density at radius 3 is 1.93 bits per heavy atom. The topological polar surface area (TPSA) is 47.7 Å². The van der Waals surface area contributed by atoms with E-state index in [9.17, 15) is 0 Å². The zero-order valence-corrected chi connectivity index (χ0v) is 9.85. The maximum Gasteiger partial charge on any atom is 0.0976 e. The van der Waals surface area contributed by atoms with Crippen molar-refractivity contribution in [1.29, 1.82) is 0 Å². The summed E-state index contributed by atoms with van der Waals surface area (Å²) in [5.74, 6) is 0. The summed E-state index contributed by atoms with van der Waals surface area (Å²) < 4.78 is 11.2. The van der Waals surface area contributed by atoms with E-state index in [0.29, 0.717) is 13.2 Å². The van der Waals surface area contributed by atoms with E-state index in [0.717, 1.165) is 13.1 Å². The predicted molar refractivity (Wildman–Crippen MR) is 59.4 cm³/mol. The minimum absolute atomic E-state index is 0. The minimum Gasteiger partial charge on any atom is -0.372 e. The van der Waals surface area contributed by atoms with Crippen LogP contribution in [0.1, 0.15) is 0 Å². The van der Waals surface area contributed by atoms with Crippen molar-refractivity contribution in [3.63, 3.8) is 0 Å². The van der Waals surface area contributed by atoms with Crippen LogP contribution in [0, 0.1) is 0 Å². The highest BCUT2D eigenvalue weighted by Gasteiger charge is 2.34. The van der Waals surface area contributed by atoms with E-state index < -0.39 is 0 Å². The van der Waals surface area contributed by atoms with Gasteiger partial charge < -0.3 is 20.1 Å². The molecule has 0 saturated carbocycles. The molecular weight excluding hydrogens is 227 g/mol. The highest BCUT2D eigenvalue weighted by molar-refractivity contribution is 5.85. The summed E-state index contributed by atoms with van der Waals surface area (Å²) in [6.45, 7) is 3.21. The van der Waals surface area contributed by atoms with Gasteiger partial charge in [0.2, 0.25) is 0 Å². The van der Waals surface area contributed by atoms with Gasteiger partial charge in [0.25, 0.3) is 0 Å². The van der Waals surface area contributed by atoms with Crippen LogP contribution in [0.4, 0.5) is 0 Å². The molecule has 6 heteroatoms. The van der Waals surface area contributed by atoms with Crippen LogP contribution in [0.2, 0.25) is 0 Å². The van der Waals surface area contributed by atoms with Gasteiger partial charge in [0, 0.05) is 13.1 Å². The third kappa shape index (κ3) is 3.22. The molecule has 0 aromatic heterocycles. The Morgan fingerprint density at radius 2 is 1.50 bits per heavy atom. The third-order valence-electron chi connectivity index (χ3n) is 2.45. The van der Waals surface area contributed by atoms with Crippen LogP contribution < -0.4 is 5.73 Å². The van der Waals surface area contributed by atoms with Crippen LogP contribution in [-0.2, 0) is 9.47 Å². The largest absolute Gasteiger partial charge is 0.372 e. The van der Waals surface area contributed by atoms with Gasteiger partial charge in [-0.3, -0.25) is 0 Å².